The van der Waals surface area contributed by atoms with E-state index in [0.29, 0.717) is 5.41 Å². The highest BCUT2D eigenvalue weighted by atomic mass is 79.9. The van der Waals surface area contributed by atoms with E-state index in [-0.39, 0.29) is 24.2 Å². The van der Waals surface area contributed by atoms with Gasteiger partial charge in [-0.3, -0.25) is 4.79 Å². The summed E-state index contributed by atoms with van der Waals surface area (Å²) in [6, 6.07) is 7.79. The van der Waals surface area contributed by atoms with Crippen LogP contribution in [0.2, 0.25) is 0 Å². The van der Waals surface area contributed by atoms with Gasteiger partial charge in [0.2, 0.25) is 5.91 Å². The van der Waals surface area contributed by atoms with Gasteiger partial charge in [0, 0.05) is 29.2 Å². The smallest absolute Gasteiger partial charge is 0.227 e. The molecule has 0 aliphatic carbocycles. The first-order chi connectivity index (χ1) is 11.0. The summed E-state index contributed by atoms with van der Waals surface area (Å²) in [6.45, 7) is 7.86. The van der Waals surface area contributed by atoms with Crippen LogP contribution in [0, 0.1) is 11.3 Å². The third-order valence-corrected chi connectivity index (χ3v) is 5.61. The molecule has 1 unspecified atom stereocenters. The Morgan fingerprint density at radius 3 is 2.79 bits per heavy atom. The number of nitrogens with zero attached hydrogens (tertiary/aromatic N) is 1. The molecule has 1 aromatic rings. The first-order valence-electron chi connectivity index (χ1n) is 8.54. The van der Waals surface area contributed by atoms with Crippen LogP contribution in [0.4, 0.5) is 5.69 Å². The molecule has 0 radical (unpaired) electrons. The summed E-state index contributed by atoms with van der Waals surface area (Å²) in [5, 5.41) is 6.52. The topological polar surface area (TPSA) is 44.4 Å². The summed E-state index contributed by atoms with van der Waals surface area (Å²) in [4.78, 5) is 15.0. The Labute approximate surface area is 159 Å². The Kier molecular flexibility index (Phi) is 7.10. The quantitative estimate of drug-likeness (QED) is 0.789. The zero-order valence-corrected chi connectivity index (χ0v) is 16.6. The highest BCUT2D eigenvalue weighted by molar-refractivity contribution is 9.10. The number of carbonyl (C=O) groups is 1. The first kappa shape index (κ1) is 19.7. The van der Waals surface area contributed by atoms with Crippen LogP contribution in [0.25, 0.3) is 0 Å². The summed E-state index contributed by atoms with van der Waals surface area (Å²) in [5.74, 6) is 0.302. The molecule has 2 fully saturated rings. The van der Waals surface area contributed by atoms with E-state index >= 15 is 0 Å². The zero-order chi connectivity index (χ0) is 16.3. The van der Waals surface area contributed by atoms with E-state index in [1.807, 2.05) is 24.3 Å². The van der Waals surface area contributed by atoms with E-state index in [0.717, 1.165) is 55.7 Å². The molecule has 0 bridgehead atoms. The average molecular weight is 417 g/mol. The van der Waals surface area contributed by atoms with Gasteiger partial charge in [-0.1, -0.05) is 28.9 Å². The number of rotatable bonds is 4. The number of amides is 1. The van der Waals surface area contributed by atoms with Crippen molar-refractivity contribution in [3.05, 3.63) is 28.7 Å². The van der Waals surface area contributed by atoms with Gasteiger partial charge in [-0.05, 0) is 62.5 Å². The van der Waals surface area contributed by atoms with Gasteiger partial charge in [-0.2, -0.15) is 0 Å². The first-order valence-corrected chi connectivity index (χ1v) is 9.33. The Morgan fingerprint density at radius 1 is 1.42 bits per heavy atom. The minimum Gasteiger partial charge on any atom is -0.326 e. The number of hydrogen-bond acceptors (Lipinski definition) is 3. The maximum Gasteiger partial charge on any atom is 0.227 e. The Morgan fingerprint density at radius 2 is 2.17 bits per heavy atom. The van der Waals surface area contributed by atoms with Gasteiger partial charge in [-0.25, -0.2) is 0 Å². The number of nitrogens with one attached hydrogen (secondary N) is 2. The second-order valence-corrected chi connectivity index (χ2v) is 8.20. The van der Waals surface area contributed by atoms with Crippen molar-refractivity contribution in [2.45, 2.75) is 26.2 Å². The zero-order valence-electron chi connectivity index (χ0n) is 14.2. The van der Waals surface area contributed by atoms with Crippen LogP contribution in [-0.2, 0) is 4.79 Å². The molecule has 0 aromatic heterocycles. The van der Waals surface area contributed by atoms with Gasteiger partial charge in [0.15, 0.2) is 0 Å². The van der Waals surface area contributed by atoms with Gasteiger partial charge < -0.3 is 15.5 Å². The lowest BCUT2D eigenvalue weighted by Crippen LogP contribution is -2.43. The van der Waals surface area contributed by atoms with E-state index < -0.39 is 0 Å². The van der Waals surface area contributed by atoms with E-state index in [2.05, 4.69) is 38.4 Å². The monoisotopic (exact) mass is 415 g/mol. The molecule has 134 valence electrons. The highest BCUT2D eigenvalue weighted by Crippen LogP contribution is 2.28. The van der Waals surface area contributed by atoms with Gasteiger partial charge in [-0.15, -0.1) is 12.4 Å². The Bertz CT molecular complexity index is 555. The minimum atomic E-state index is 0. The molecule has 1 amide bonds. The van der Waals surface area contributed by atoms with Gasteiger partial charge in [0.25, 0.3) is 0 Å². The van der Waals surface area contributed by atoms with Crippen molar-refractivity contribution >= 4 is 39.9 Å². The molecule has 1 atom stereocenters. The molecule has 2 aliphatic rings. The second kappa shape index (κ2) is 8.65. The predicted octanol–water partition coefficient (Wildman–Crippen LogP) is 3.52. The molecular formula is C18H27BrClN3O. The normalized spacial score (nSPS) is 25.2. The number of hydrogen-bond donors (Lipinski definition) is 2. The predicted molar refractivity (Wildman–Crippen MR) is 105 cm³/mol. The number of likely N-dealkylation sites (tertiary alicyclic amines) is 1. The van der Waals surface area contributed by atoms with Crippen LogP contribution in [-0.4, -0.2) is 43.5 Å². The van der Waals surface area contributed by atoms with Crippen LogP contribution in [0.15, 0.2) is 28.7 Å². The summed E-state index contributed by atoms with van der Waals surface area (Å²) in [7, 11) is 0. The molecule has 6 heteroatoms. The fourth-order valence-electron chi connectivity index (χ4n) is 3.71. The number of halogens is 2. The molecule has 3 rings (SSSR count). The standard InChI is InChI=1S/C18H26BrN3O.ClH/c1-18(7-8-20-12-18)13-22-9-5-14(6-10-22)17(23)21-16-4-2-3-15(19)11-16;/h2-4,11,14,20H,5-10,12-13H2,1H3,(H,21,23);1H. The fourth-order valence-corrected chi connectivity index (χ4v) is 4.11. The number of anilines is 1. The molecule has 24 heavy (non-hydrogen) atoms. The third kappa shape index (κ3) is 5.19. The summed E-state index contributed by atoms with van der Waals surface area (Å²) in [5.41, 5.74) is 1.28. The molecule has 0 saturated carbocycles. The van der Waals surface area contributed by atoms with Crippen LogP contribution in [0.1, 0.15) is 26.2 Å². The molecule has 4 nitrogen and oxygen atoms in total. The third-order valence-electron chi connectivity index (χ3n) is 5.11. The van der Waals surface area contributed by atoms with Crippen molar-refractivity contribution in [2.24, 2.45) is 11.3 Å². The Hall–Kier alpha value is -0.620. The molecule has 1 aromatic carbocycles. The van der Waals surface area contributed by atoms with Crippen LogP contribution in [0.3, 0.4) is 0 Å². The fraction of sp³-hybridized carbons (Fsp3) is 0.611. The van der Waals surface area contributed by atoms with E-state index in [1.54, 1.807) is 0 Å². The second-order valence-electron chi connectivity index (χ2n) is 7.29. The lowest BCUT2D eigenvalue weighted by Gasteiger charge is -2.36. The Balaban J connectivity index is 0.00000208. The molecular weight excluding hydrogens is 390 g/mol. The van der Waals surface area contributed by atoms with Gasteiger partial charge >= 0.3 is 0 Å². The SMILES string of the molecule is CC1(CN2CCC(C(=O)Nc3cccc(Br)c3)CC2)CCNC1.Cl. The average Bonchev–Trinajstić information content (AvgIpc) is 2.94. The van der Waals surface area contributed by atoms with Crippen molar-refractivity contribution in [3.8, 4) is 0 Å². The summed E-state index contributed by atoms with van der Waals surface area (Å²) in [6.07, 6.45) is 3.18. The van der Waals surface area contributed by atoms with Crippen LogP contribution < -0.4 is 10.6 Å². The molecule has 2 saturated heterocycles. The summed E-state index contributed by atoms with van der Waals surface area (Å²) < 4.78 is 0.989. The van der Waals surface area contributed by atoms with Crippen molar-refractivity contribution in [1.29, 1.82) is 0 Å². The maximum absolute atomic E-state index is 12.4. The van der Waals surface area contributed by atoms with E-state index in [9.17, 15) is 4.79 Å². The lowest BCUT2D eigenvalue weighted by molar-refractivity contribution is -0.121. The van der Waals surface area contributed by atoms with Crippen LogP contribution >= 0.6 is 28.3 Å². The van der Waals surface area contributed by atoms with Crippen molar-refractivity contribution in [3.63, 3.8) is 0 Å². The summed E-state index contributed by atoms with van der Waals surface area (Å²) >= 11 is 3.44. The number of carbonyl (C=O) groups excluding carboxylic acids is 1. The van der Waals surface area contributed by atoms with Crippen molar-refractivity contribution in [2.75, 3.05) is 38.0 Å². The molecule has 0 spiro atoms. The minimum absolute atomic E-state index is 0. The molecule has 2 heterocycles. The largest absolute Gasteiger partial charge is 0.326 e. The van der Waals surface area contributed by atoms with E-state index in [4.69, 9.17) is 0 Å². The molecule has 2 N–H and O–H groups in total. The lowest BCUT2D eigenvalue weighted by atomic mass is 9.87. The van der Waals surface area contributed by atoms with Crippen molar-refractivity contribution < 1.29 is 4.79 Å². The van der Waals surface area contributed by atoms with Gasteiger partial charge in [0.1, 0.15) is 0 Å². The maximum atomic E-state index is 12.4. The highest BCUT2D eigenvalue weighted by Gasteiger charge is 2.33. The van der Waals surface area contributed by atoms with E-state index in [1.165, 1.54) is 6.42 Å². The number of piperidine rings is 1. The van der Waals surface area contributed by atoms with Crippen LogP contribution in [0.5, 0.6) is 0 Å². The van der Waals surface area contributed by atoms with Crippen molar-refractivity contribution in [1.82, 2.24) is 10.2 Å². The van der Waals surface area contributed by atoms with Gasteiger partial charge in [0.05, 0.1) is 0 Å². The number of benzene rings is 1. The molecule has 2 aliphatic heterocycles.